The van der Waals surface area contributed by atoms with Crippen molar-refractivity contribution in [3.8, 4) is 11.5 Å². The molecule has 0 aromatic heterocycles. The monoisotopic (exact) mass is 615 g/mol. The van der Waals surface area contributed by atoms with Crippen LogP contribution >= 0.6 is 0 Å². The van der Waals surface area contributed by atoms with Gasteiger partial charge in [-0.3, -0.25) is 0 Å². The number of carbonyl (C=O) groups excluding carboxylic acids is 1. The highest BCUT2D eigenvalue weighted by Crippen LogP contribution is 2.29. The Morgan fingerprint density at radius 1 is 0.932 bits per heavy atom. The number of halogens is 3. The fourth-order valence-corrected chi connectivity index (χ4v) is 5.00. The van der Waals surface area contributed by atoms with Gasteiger partial charge in [-0.2, -0.15) is 13.2 Å². The Bertz CT molecular complexity index is 1300. The van der Waals surface area contributed by atoms with Crippen LogP contribution in [-0.2, 0) is 17.8 Å². The molecule has 1 heterocycles. The molecule has 0 spiro atoms. The van der Waals surface area contributed by atoms with Crippen LogP contribution in [0.5, 0.6) is 11.5 Å². The fourth-order valence-electron chi connectivity index (χ4n) is 5.00. The van der Waals surface area contributed by atoms with E-state index in [-0.39, 0.29) is 6.03 Å². The molecule has 238 valence electrons. The van der Waals surface area contributed by atoms with Crippen LogP contribution in [0.2, 0.25) is 0 Å². The van der Waals surface area contributed by atoms with Crippen molar-refractivity contribution in [3.05, 3.63) is 90.0 Å². The molecule has 3 aromatic carbocycles. The SMILES string of the molecule is COc1ccc(NC(=O)N(CCCN2CCC(Cc3ccccc3)CC2)Cc2ccccc2)c(OC)c1.O=C(O)C(F)(F)F. The van der Waals surface area contributed by atoms with E-state index in [9.17, 15) is 18.0 Å². The van der Waals surface area contributed by atoms with Gasteiger partial charge >= 0.3 is 18.2 Å². The van der Waals surface area contributed by atoms with E-state index >= 15 is 0 Å². The fraction of sp³-hybridized carbons (Fsp3) is 0.394. The van der Waals surface area contributed by atoms with Gasteiger partial charge in [0.2, 0.25) is 0 Å². The van der Waals surface area contributed by atoms with Crippen LogP contribution in [0.1, 0.15) is 30.4 Å². The Balaban J connectivity index is 0.000000676. The average Bonchev–Trinajstić information content (AvgIpc) is 3.02. The number of nitrogens with zero attached hydrogens (tertiary/aromatic N) is 2. The van der Waals surface area contributed by atoms with Gasteiger partial charge in [-0.05, 0) is 74.5 Å². The molecule has 11 heteroatoms. The summed E-state index contributed by atoms with van der Waals surface area (Å²) >= 11 is 0. The average molecular weight is 616 g/mol. The van der Waals surface area contributed by atoms with Gasteiger partial charge in [0, 0.05) is 19.2 Å². The molecule has 0 unspecified atom stereocenters. The molecule has 0 bridgehead atoms. The van der Waals surface area contributed by atoms with Crippen molar-refractivity contribution in [1.82, 2.24) is 9.80 Å². The first kappa shape index (κ1) is 34.2. The second-order valence-electron chi connectivity index (χ2n) is 10.5. The molecule has 2 amide bonds. The molecule has 0 saturated carbocycles. The highest BCUT2D eigenvalue weighted by atomic mass is 19.4. The smallest absolute Gasteiger partial charge is 0.490 e. The van der Waals surface area contributed by atoms with E-state index in [1.807, 2.05) is 35.2 Å². The first-order chi connectivity index (χ1) is 21.1. The van der Waals surface area contributed by atoms with Gasteiger partial charge in [0.15, 0.2) is 0 Å². The summed E-state index contributed by atoms with van der Waals surface area (Å²) in [6.45, 7) is 4.51. The number of aliphatic carboxylic acids is 1. The van der Waals surface area contributed by atoms with E-state index in [0.29, 0.717) is 30.3 Å². The Hall–Kier alpha value is -4.25. The molecule has 0 radical (unpaired) electrons. The molecule has 0 aliphatic carbocycles. The quantitative estimate of drug-likeness (QED) is 0.249. The summed E-state index contributed by atoms with van der Waals surface area (Å²) in [4.78, 5) is 26.7. The number of hydrogen-bond acceptors (Lipinski definition) is 5. The summed E-state index contributed by atoms with van der Waals surface area (Å²) < 4.78 is 42.5. The number of carboxylic acid groups (broad SMARTS) is 1. The van der Waals surface area contributed by atoms with Crippen LogP contribution in [0.3, 0.4) is 0 Å². The van der Waals surface area contributed by atoms with Crippen LogP contribution in [-0.4, -0.2) is 73.5 Å². The van der Waals surface area contributed by atoms with Crippen molar-refractivity contribution in [2.45, 2.75) is 38.4 Å². The van der Waals surface area contributed by atoms with Gasteiger partial charge in [-0.25, -0.2) is 9.59 Å². The predicted octanol–water partition coefficient (Wildman–Crippen LogP) is 6.72. The van der Waals surface area contributed by atoms with Crippen molar-refractivity contribution >= 4 is 17.7 Å². The van der Waals surface area contributed by atoms with E-state index in [4.69, 9.17) is 19.4 Å². The third kappa shape index (κ3) is 11.4. The number of amides is 2. The van der Waals surface area contributed by atoms with E-state index < -0.39 is 12.1 Å². The van der Waals surface area contributed by atoms with Crippen molar-refractivity contribution in [1.29, 1.82) is 0 Å². The van der Waals surface area contributed by atoms with Crippen LogP contribution in [0.25, 0.3) is 0 Å². The number of ether oxygens (including phenoxy) is 2. The predicted molar refractivity (Wildman–Crippen MR) is 163 cm³/mol. The van der Waals surface area contributed by atoms with Gasteiger partial charge in [-0.1, -0.05) is 60.7 Å². The Kier molecular flexibility index (Phi) is 13.3. The van der Waals surface area contributed by atoms with Crippen LogP contribution < -0.4 is 14.8 Å². The number of alkyl halides is 3. The van der Waals surface area contributed by atoms with Gasteiger partial charge in [0.1, 0.15) is 11.5 Å². The molecule has 1 aliphatic heterocycles. The van der Waals surface area contributed by atoms with E-state index in [1.54, 1.807) is 20.3 Å². The van der Waals surface area contributed by atoms with Crippen LogP contribution in [0, 0.1) is 5.92 Å². The highest BCUT2D eigenvalue weighted by Gasteiger charge is 2.38. The lowest BCUT2D eigenvalue weighted by atomic mass is 9.90. The summed E-state index contributed by atoms with van der Waals surface area (Å²) in [7, 11) is 3.20. The molecular formula is C33H40F3N3O5. The zero-order chi connectivity index (χ0) is 32.0. The number of likely N-dealkylation sites (tertiary alicyclic amines) is 1. The minimum absolute atomic E-state index is 0.131. The van der Waals surface area contributed by atoms with Crippen molar-refractivity contribution in [2.75, 3.05) is 45.7 Å². The number of benzene rings is 3. The molecule has 1 aliphatic rings. The lowest BCUT2D eigenvalue weighted by Gasteiger charge is -2.32. The molecule has 1 fully saturated rings. The number of methoxy groups -OCH3 is 2. The maximum atomic E-state index is 13.4. The lowest BCUT2D eigenvalue weighted by molar-refractivity contribution is -0.192. The number of piperidine rings is 1. The van der Waals surface area contributed by atoms with Crippen LogP contribution in [0.15, 0.2) is 78.9 Å². The molecule has 2 N–H and O–H groups in total. The van der Waals surface area contributed by atoms with Crippen molar-refractivity contribution in [3.63, 3.8) is 0 Å². The third-order valence-corrected chi connectivity index (χ3v) is 7.37. The number of carboxylic acids is 1. The Morgan fingerprint density at radius 2 is 1.52 bits per heavy atom. The molecular weight excluding hydrogens is 575 g/mol. The number of urea groups is 1. The van der Waals surface area contributed by atoms with E-state index in [1.165, 1.54) is 24.8 Å². The zero-order valence-corrected chi connectivity index (χ0v) is 25.1. The summed E-state index contributed by atoms with van der Waals surface area (Å²) in [6.07, 6.45) is -0.501. The second-order valence-corrected chi connectivity index (χ2v) is 10.5. The topological polar surface area (TPSA) is 91.3 Å². The summed E-state index contributed by atoms with van der Waals surface area (Å²) in [5.41, 5.74) is 3.19. The van der Waals surface area contributed by atoms with Gasteiger partial charge < -0.3 is 29.7 Å². The third-order valence-electron chi connectivity index (χ3n) is 7.37. The van der Waals surface area contributed by atoms with Gasteiger partial charge in [-0.15, -0.1) is 0 Å². The molecule has 3 aromatic rings. The zero-order valence-electron chi connectivity index (χ0n) is 25.1. The minimum Gasteiger partial charge on any atom is -0.497 e. The van der Waals surface area contributed by atoms with Crippen LogP contribution in [0.4, 0.5) is 23.7 Å². The van der Waals surface area contributed by atoms with E-state index in [0.717, 1.165) is 37.5 Å². The summed E-state index contributed by atoms with van der Waals surface area (Å²) in [5, 5.41) is 10.2. The molecule has 4 rings (SSSR count). The lowest BCUT2D eigenvalue weighted by Crippen LogP contribution is -2.39. The Morgan fingerprint density at radius 3 is 2.07 bits per heavy atom. The molecule has 0 atom stereocenters. The summed E-state index contributed by atoms with van der Waals surface area (Å²) in [5.74, 6) is -0.736. The second kappa shape index (κ2) is 17.1. The number of anilines is 1. The number of hydrogen-bond donors (Lipinski definition) is 2. The van der Waals surface area contributed by atoms with Gasteiger partial charge in [0.05, 0.1) is 19.9 Å². The number of nitrogens with one attached hydrogen (secondary N) is 1. The minimum atomic E-state index is -5.08. The number of rotatable bonds is 11. The highest BCUT2D eigenvalue weighted by molar-refractivity contribution is 5.91. The maximum absolute atomic E-state index is 13.4. The first-order valence-electron chi connectivity index (χ1n) is 14.5. The molecule has 8 nitrogen and oxygen atoms in total. The maximum Gasteiger partial charge on any atom is 0.490 e. The summed E-state index contributed by atoms with van der Waals surface area (Å²) in [6, 6.07) is 26.2. The molecule has 44 heavy (non-hydrogen) atoms. The molecule has 1 saturated heterocycles. The van der Waals surface area contributed by atoms with E-state index in [2.05, 4.69) is 52.7 Å². The first-order valence-corrected chi connectivity index (χ1v) is 14.5. The van der Waals surface area contributed by atoms with Crippen molar-refractivity contribution in [2.24, 2.45) is 5.92 Å². The van der Waals surface area contributed by atoms with Gasteiger partial charge in [0.25, 0.3) is 0 Å². The van der Waals surface area contributed by atoms with Crippen molar-refractivity contribution < 1.29 is 37.3 Å². The Labute approximate surface area is 256 Å². The largest absolute Gasteiger partial charge is 0.497 e. The normalized spacial score (nSPS) is 13.8. The standard InChI is InChI=1S/C31H39N3O3.C2HF3O2/c1-36-28-14-15-29(30(23-28)37-2)32-31(35)34(24-27-12-7-4-8-13-27)19-9-18-33-20-16-26(17-21-33)22-25-10-5-3-6-11-25;3-2(4,5)1(6)7/h3-8,10-15,23,26H,9,16-22,24H2,1-2H3,(H,32,35);(H,6,7). The number of carbonyl (C=O) groups is 2.